The van der Waals surface area contributed by atoms with E-state index in [1.54, 1.807) is 12.1 Å². The lowest BCUT2D eigenvalue weighted by Gasteiger charge is -2.17. The summed E-state index contributed by atoms with van der Waals surface area (Å²) in [6, 6.07) is 14.6. The highest BCUT2D eigenvalue weighted by atomic mass is 35.5. The molecule has 0 radical (unpaired) electrons. The van der Waals surface area contributed by atoms with Crippen molar-refractivity contribution in [3.63, 3.8) is 0 Å². The number of hydrogen-bond donors (Lipinski definition) is 0. The van der Waals surface area contributed by atoms with Crippen molar-refractivity contribution in [2.75, 3.05) is 13.1 Å². The van der Waals surface area contributed by atoms with Gasteiger partial charge in [-0.25, -0.2) is 18.1 Å². The van der Waals surface area contributed by atoms with E-state index in [0.29, 0.717) is 30.4 Å². The normalized spacial score (nSPS) is 17.9. The number of benzene rings is 2. The first-order valence-electron chi connectivity index (χ1n) is 9.11. The maximum atomic E-state index is 13.0. The van der Waals surface area contributed by atoms with Gasteiger partial charge < -0.3 is 0 Å². The quantitative estimate of drug-likeness (QED) is 0.647. The zero-order chi connectivity index (χ0) is 19.9. The molecule has 3 aromatic rings. The zero-order valence-corrected chi connectivity index (χ0v) is 17.3. The van der Waals surface area contributed by atoms with E-state index < -0.39 is 10.0 Å². The minimum atomic E-state index is -3.59. The largest absolute Gasteiger partial charge is 0.245 e. The monoisotopic (exact) mass is 416 g/mol. The van der Waals surface area contributed by atoms with Gasteiger partial charge in [-0.15, -0.1) is 0 Å². The molecule has 0 spiro atoms. The number of halogens is 1. The van der Waals surface area contributed by atoms with Crippen LogP contribution in [0.5, 0.6) is 0 Å². The Kier molecular flexibility index (Phi) is 4.99. The molecule has 28 heavy (non-hydrogen) atoms. The molecule has 4 rings (SSSR count). The molecule has 1 saturated heterocycles. The molecule has 6 nitrogen and oxygen atoms in total. The smallest absolute Gasteiger partial charge is 0.243 e. The molecule has 1 aromatic heterocycles. The highest BCUT2D eigenvalue weighted by Gasteiger charge is 2.34. The van der Waals surface area contributed by atoms with Crippen LogP contribution < -0.4 is 0 Å². The standard InChI is InChI=1S/C20H21ClN4O2S/c1-14-8-9-18(12-19(14)21)28(26,27)24-11-10-17(13-24)25-15(2)22-20(23-25)16-6-4-3-5-7-16/h3-9,12,17H,10-11,13H2,1-2H3. The van der Waals surface area contributed by atoms with Gasteiger partial charge in [0.15, 0.2) is 5.82 Å². The number of hydrogen-bond acceptors (Lipinski definition) is 4. The molecule has 0 N–H and O–H groups in total. The number of aromatic nitrogens is 3. The van der Waals surface area contributed by atoms with Crippen LogP contribution in [-0.4, -0.2) is 40.6 Å². The molecular formula is C20H21ClN4O2S. The van der Waals surface area contributed by atoms with Crippen LogP contribution in [0.2, 0.25) is 5.02 Å². The zero-order valence-electron chi connectivity index (χ0n) is 15.7. The summed E-state index contributed by atoms with van der Waals surface area (Å²) in [6.07, 6.45) is 0.692. The van der Waals surface area contributed by atoms with Gasteiger partial charge in [0.2, 0.25) is 10.0 Å². The van der Waals surface area contributed by atoms with E-state index in [-0.39, 0.29) is 10.9 Å². The van der Waals surface area contributed by atoms with Gasteiger partial charge in [-0.1, -0.05) is 48.0 Å². The molecule has 0 aliphatic carbocycles. The Balaban J connectivity index is 1.57. The van der Waals surface area contributed by atoms with Crippen molar-refractivity contribution < 1.29 is 8.42 Å². The SMILES string of the molecule is Cc1ccc(S(=O)(=O)N2CCC(n3nc(-c4ccccc4)nc3C)C2)cc1Cl. The van der Waals surface area contributed by atoms with Gasteiger partial charge in [-0.3, -0.25) is 0 Å². The van der Waals surface area contributed by atoms with Crippen molar-refractivity contribution >= 4 is 21.6 Å². The summed E-state index contributed by atoms with van der Waals surface area (Å²) in [5.41, 5.74) is 1.80. The average molecular weight is 417 g/mol. The summed E-state index contributed by atoms with van der Waals surface area (Å²) >= 11 is 6.13. The lowest BCUT2D eigenvalue weighted by molar-refractivity contribution is 0.429. The Hall–Kier alpha value is -2.22. The first-order chi connectivity index (χ1) is 13.4. The van der Waals surface area contributed by atoms with Gasteiger partial charge in [-0.05, 0) is 38.0 Å². The predicted octanol–water partition coefficient (Wildman–Crippen LogP) is 3.85. The predicted molar refractivity (Wildman–Crippen MR) is 109 cm³/mol. The maximum Gasteiger partial charge on any atom is 0.243 e. The van der Waals surface area contributed by atoms with Crippen LogP contribution in [0.4, 0.5) is 0 Å². The summed E-state index contributed by atoms with van der Waals surface area (Å²) in [5.74, 6) is 1.44. The fourth-order valence-corrected chi connectivity index (χ4v) is 5.23. The Morgan fingerprint density at radius 1 is 1.11 bits per heavy atom. The van der Waals surface area contributed by atoms with Crippen molar-refractivity contribution in [2.45, 2.75) is 31.2 Å². The molecular weight excluding hydrogens is 396 g/mol. The van der Waals surface area contributed by atoms with Crippen molar-refractivity contribution in [1.82, 2.24) is 19.1 Å². The van der Waals surface area contributed by atoms with Crippen LogP contribution in [0.25, 0.3) is 11.4 Å². The van der Waals surface area contributed by atoms with Crippen molar-refractivity contribution in [3.05, 3.63) is 64.9 Å². The van der Waals surface area contributed by atoms with Crippen LogP contribution in [0.1, 0.15) is 23.9 Å². The van der Waals surface area contributed by atoms with Gasteiger partial charge in [0.25, 0.3) is 0 Å². The fraction of sp³-hybridized carbons (Fsp3) is 0.300. The number of aryl methyl sites for hydroxylation is 2. The average Bonchev–Trinajstić information content (AvgIpc) is 3.31. The van der Waals surface area contributed by atoms with E-state index in [4.69, 9.17) is 11.6 Å². The van der Waals surface area contributed by atoms with Gasteiger partial charge in [0.1, 0.15) is 5.82 Å². The summed E-state index contributed by atoms with van der Waals surface area (Å²) in [5, 5.41) is 5.09. The fourth-order valence-electron chi connectivity index (χ4n) is 3.47. The molecule has 1 unspecified atom stereocenters. The second-order valence-electron chi connectivity index (χ2n) is 7.01. The molecule has 146 valence electrons. The molecule has 8 heteroatoms. The molecule has 1 atom stereocenters. The Bertz CT molecular complexity index is 1110. The Morgan fingerprint density at radius 2 is 1.86 bits per heavy atom. The third kappa shape index (κ3) is 3.45. The highest BCUT2D eigenvalue weighted by molar-refractivity contribution is 7.89. The number of rotatable bonds is 4. The van der Waals surface area contributed by atoms with Crippen molar-refractivity contribution in [2.24, 2.45) is 0 Å². The van der Waals surface area contributed by atoms with Crippen molar-refractivity contribution in [1.29, 1.82) is 0 Å². The molecule has 2 heterocycles. The summed E-state index contributed by atoms with van der Waals surface area (Å²) < 4.78 is 29.4. The van der Waals surface area contributed by atoms with E-state index >= 15 is 0 Å². The second-order valence-corrected chi connectivity index (χ2v) is 9.35. The summed E-state index contributed by atoms with van der Waals surface area (Å²) in [6.45, 7) is 4.56. The van der Waals surface area contributed by atoms with Gasteiger partial charge >= 0.3 is 0 Å². The summed E-state index contributed by atoms with van der Waals surface area (Å²) in [7, 11) is -3.59. The molecule has 2 aromatic carbocycles. The Morgan fingerprint density at radius 3 is 2.57 bits per heavy atom. The maximum absolute atomic E-state index is 13.0. The van der Waals surface area contributed by atoms with E-state index in [1.165, 1.54) is 10.4 Å². The van der Waals surface area contributed by atoms with Gasteiger partial charge in [0, 0.05) is 23.7 Å². The highest BCUT2D eigenvalue weighted by Crippen LogP contribution is 2.30. The van der Waals surface area contributed by atoms with Crippen LogP contribution >= 0.6 is 11.6 Å². The van der Waals surface area contributed by atoms with E-state index in [2.05, 4.69) is 10.1 Å². The second kappa shape index (κ2) is 7.31. The number of nitrogens with zero attached hydrogens (tertiary/aromatic N) is 4. The van der Waals surface area contributed by atoms with Crippen LogP contribution in [0.15, 0.2) is 53.4 Å². The van der Waals surface area contributed by atoms with Gasteiger partial charge in [0.05, 0.1) is 10.9 Å². The Labute approximate surface area is 169 Å². The van der Waals surface area contributed by atoms with Crippen molar-refractivity contribution in [3.8, 4) is 11.4 Å². The lowest BCUT2D eigenvalue weighted by atomic mass is 10.2. The van der Waals surface area contributed by atoms with E-state index in [0.717, 1.165) is 17.0 Å². The molecule has 0 bridgehead atoms. The molecule has 1 aliphatic heterocycles. The molecule has 0 amide bonds. The minimum Gasteiger partial charge on any atom is -0.245 e. The topological polar surface area (TPSA) is 68.1 Å². The molecule has 0 saturated carbocycles. The third-order valence-corrected chi connectivity index (χ3v) is 7.36. The minimum absolute atomic E-state index is 0.0411. The van der Waals surface area contributed by atoms with Crippen LogP contribution in [0, 0.1) is 13.8 Å². The lowest BCUT2D eigenvalue weighted by Crippen LogP contribution is -2.29. The van der Waals surface area contributed by atoms with Crippen LogP contribution in [0.3, 0.4) is 0 Å². The first-order valence-corrected chi connectivity index (χ1v) is 10.9. The van der Waals surface area contributed by atoms with Crippen LogP contribution in [-0.2, 0) is 10.0 Å². The molecule has 1 aliphatic rings. The summed E-state index contributed by atoms with van der Waals surface area (Å²) in [4.78, 5) is 4.78. The molecule has 1 fully saturated rings. The number of sulfonamides is 1. The first kappa shape index (κ1) is 19.1. The third-order valence-electron chi connectivity index (χ3n) is 5.09. The van der Waals surface area contributed by atoms with E-state index in [9.17, 15) is 8.42 Å². The van der Waals surface area contributed by atoms with Gasteiger partial charge in [-0.2, -0.15) is 9.40 Å². The van der Waals surface area contributed by atoms with E-state index in [1.807, 2.05) is 48.9 Å².